The van der Waals surface area contributed by atoms with Crippen molar-refractivity contribution in [1.82, 2.24) is 0 Å². The fourth-order valence-corrected chi connectivity index (χ4v) is 0.899. The molecule has 0 radical (unpaired) electrons. The van der Waals surface area contributed by atoms with E-state index in [-0.39, 0.29) is 12.4 Å². The molecule has 0 heterocycles. The van der Waals surface area contributed by atoms with Gasteiger partial charge in [0.25, 0.3) is 0 Å². The minimum atomic E-state index is -0.797. The molecule has 0 atom stereocenters. The van der Waals surface area contributed by atoms with E-state index >= 15 is 0 Å². The quantitative estimate of drug-likeness (QED) is 0.556. The van der Waals surface area contributed by atoms with Crippen molar-refractivity contribution in [1.29, 1.82) is 0 Å². The van der Waals surface area contributed by atoms with E-state index in [9.17, 15) is 9.59 Å². The predicted molar refractivity (Wildman–Crippen MR) is 48.8 cm³/mol. The average Bonchev–Trinajstić information content (AvgIpc) is 2.26. The Bertz CT molecular complexity index is 318. The number of rotatable bonds is 4. The molecular formula is C10H10O4. The molecule has 0 bridgehead atoms. The first-order chi connectivity index (χ1) is 6.74. The first-order valence-corrected chi connectivity index (χ1v) is 4.09. The van der Waals surface area contributed by atoms with Gasteiger partial charge in [0.05, 0.1) is 0 Å². The number of benzene rings is 1. The third kappa shape index (κ3) is 2.99. The van der Waals surface area contributed by atoms with Crippen molar-refractivity contribution in [2.24, 2.45) is 0 Å². The van der Waals surface area contributed by atoms with Crippen LogP contribution in [0.3, 0.4) is 0 Å². The number of carbonyl (C=O) groups is 2. The van der Waals surface area contributed by atoms with E-state index in [0.717, 1.165) is 0 Å². The Morgan fingerprint density at radius 1 is 1.21 bits per heavy atom. The van der Waals surface area contributed by atoms with E-state index in [2.05, 4.69) is 4.74 Å². The molecule has 1 aromatic carbocycles. The van der Waals surface area contributed by atoms with Crippen LogP contribution in [0.2, 0.25) is 0 Å². The van der Waals surface area contributed by atoms with Crippen molar-refractivity contribution in [3.8, 4) is 0 Å². The summed E-state index contributed by atoms with van der Waals surface area (Å²) in [5.74, 6) is -1.08. The molecule has 1 aromatic rings. The highest BCUT2D eigenvalue weighted by Gasteiger charge is 2.07. The number of aliphatic hydroxyl groups excluding tert-OH is 1. The summed E-state index contributed by atoms with van der Waals surface area (Å²) in [4.78, 5) is 21.8. The van der Waals surface area contributed by atoms with Crippen molar-refractivity contribution in [3.05, 3.63) is 35.9 Å². The first kappa shape index (κ1) is 10.4. The Labute approximate surface area is 81.1 Å². The standard InChI is InChI=1S/C10H10O4/c11-6-10(13)14-7-9(12)8-4-2-1-3-5-8/h1-5,11H,6-7H2. The second kappa shape index (κ2) is 5.14. The topological polar surface area (TPSA) is 63.6 Å². The number of Topliss-reactive ketones (excluding diaryl/α,β-unsaturated/α-hetero) is 1. The first-order valence-electron chi connectivity index (χ1n) is 4.09. The van der Waals surface area contributed by atoms with Gasteiger partial charge in [-0.1, -0.05) is 30.3 Å². The lowest BCUT2D eigenvalue weighted by Crippen LogP contribution is -2.16. The summed E-state index contributed by atoms with van der Waals surface area (Å²) >= 11 is 0. The van der Waals surface area contributed by atoms with Gasteiger partial charge in [-0.05, 0) is 0 Å². The van der Waals surface area contributed by atoms with Crippen molar-refractivity contribution in [3.63, 3.8) is 0 Å². The summed E-state index contributed by atoms with van der Waals surface area (Å²) in [6.07, 6.45) is 0. The lowest BCUT2D eigenvalue weighted by atomic mass is 10.1. The third-order valence-corrected chi connectivity index (χ3v) is 1.59. The maximum Gasteiger partial charge on any atom is 0.332 e. The van der Waals surface area contributed by atoms with Crippen molar-refractivity contribution >= 4 is 11.8 Å². The van der Waals surface area contributed by atoms with Crippen molar-refractivity contribution in [2.45, 2.75) is 0 Å². The summed E-state index contributed by atoms with van der Waals surface area (Å²) < 4.78 is 4.47. The third-order valence-electron chi connectivity index (χ3n) is 1.59. The minimum Gasteiger partial charge on any atom is -0.456 e. The number of ketones is 1. The Hall–Kier alpha value is -1.68. The lowest BCUT2D eigenvalue weighted by Gasteiger charge is -2.01. The molecule has 0 amide bonds. The number of hydrogen-bond acceptors (Lipinski definition) is 4. The van der Waals surface area contributed by atoms with Crippen LogP contribution in [0.4, 0.5) is 0 Å². The second-order valence-corrected chi connectivity index (χ2v) is 2.61. The second-order valence-electron chi connectivity index (χ2n) is 2.61. The van der Waals surface area contributed by atoms with Crippen LogP contribution in [0.15, 0.2) is 30.3 Å². The molecule has 0 fully saturated rings. The summed E-state index contributed by atoms with van der Waals surface area (Å²) in [6.45, 7) is -1.04. The van der Waals surface area contributed by atoms with Gasteiger partial charge in [-0.15, -0.1) is 0 Å². The van der Waals surface area contributed by atoms with E-state index in [0.29, 0.717) is 5.56 Å². The predicted octanol–water partition coefficient (Wildman–Crippen LogP) is 0.405. The van der Waals surface area contributed by atoms with E-state index in [1.54, 1.807) is 30.3 Å². The van der Waals surface area contributed by atoms with Gasteiger partial charge in [-0.25, -0.2) is 4.79 Å². The molecule has 0 aromatic heterocycles. The van der Waals surface area contributed by atoms with Crippen molar-refractivity contribution < 1.29 is 19.4 Å². The van der Waals surface area contributed by atoms with E-state index in [1.165, 1.54) is 0 Å². The maximum absolute atomic E-state index is 11.3. The van der Waals surface area contributed by atoms with Crippen LogP contribution in [0.1, 0.15) is 10.4 Å². The van der Waals surface area contributed by atoms with Gasteiger partial charge in [-0.3, -0.25) is 4.79 Å². The largest absolute Gasteiger partial charge is 0.456 e. The number of ether oxygens (including phenoxy) is 1. The Morgan fingerprint density at radius 2 is 1.86 bits per heavy atom. The average molecular weight is 194 g/mol. The van der Waals surface area contributed by atoms with Crippen LogP contribution in [-0.2, 0) is 9.53 Å². The summed E-state index contributed by atoms with van der Waals surface area (Å²) in [6, 6.07) is 8.50. The number of aliphatic hydroxyl groups is 1. The highest BCUT2D eigenvalue weighted by atomic mass is 16.5. The van der Waals surface area contributed by atoms with Gasteiger partial charge in [0.15, 0.2) is 12.4 Å². The van der Waals surface area contributed by atoms with Crippen LogP contribution in [0.25, 0.3) is 0 Å². The van der Waals surface area contributed by atoms with Gasteiger partial charge in [-0.2, -0.15) is 0 Å². The molecule has 0 spiro atoms. The maximum atomic E-state index is 11.3. The van der Waals surface area contributed by atoms with Crippen LogP contribution in [-0.4, -0.2) is 30.1 Å². The van der Waals surface area contributed by atoms with Gasteiger partial charge in [0.1, 0.15) is 6.61 Å². The zero-order chi connectivity index (χ0) is 10.4. The van der Waals surface area contributed by atoms with E-state index < -0.39 is 12.6 Å². The fourth-order valence-electron chi connectivity index (χ4n) is 0.899. The van der Waals surface area contributed by atoms with Gasteiger partial charge < -0.3 is 9.84 Å². The van der Waals surface area contributed by atoms with Gasteiger partial charge in [0.2, 0.25) is 0 Å². The molecule has 0 aliphatic carbocycles. The molecule has 0 unspecified atom stereocenters. The van der Waals surface area contributed by atoms with Crippen LogP contribution >= 0.6 is 0 Å². The number of hydrogen-bond donors (Lipinski definition) is 1. The number of esters is 1. The SMILES string of the molecule is O=C(CO)OCC(=O)c1ccccc1. The monoisotopic (exact) mass is 194 g/mol. The van der Waals surface area contributed by atoms with Crippen LogP contribution in [0, 0.1) is 0 Å². The van der Waals surface area contributed by atoms with Gasteiger partial charge >= 0.3 is 5.97 Å². The molecular weight excluding hydrogens is 184 g/mol. The molecule has 14 heavy (non-hydrogen) atoms. The lowest BCUT2D eigenvalue weighted by molar-refractivity contribution is -0.145. The summed E-state index contributed by atoms with van der Waals surface area (Å²) in [5, 5.41) is 8.33. The highest BCUT2D eigenvalue weighted by Crippen LogP contribution is 1.99. The van der Waals surface area contributed by atoms with E-state index in [1.807, 2.05) is 0 Å². The summed E-state index contributed by atoms with van der Waals surface area (Å²) in [7, 11) is 0. The van der Waals surface area contributed by atoms with Crippen LogP contribution < -0.4 is 0 Å². The van der Waals surface area contributed by atoms with Gasteiger partial charge in [0, 0.05) is 5.56 Å². The number of carbonyl (C=O) groups excluding carboxylic acids is 2. The molecule has 0 saturated heterocycles. The molecule has 1 rings (SSSR count). The summed E-state index contributed by atoms with van der Waals surface area (Å²) in [5.41, 5.74) is 0.484. The van der Waals surface area contributed by atoms with Crippen molar-refractivity contribution in [2.75, 3.05) is 13.2 Å². The Kier molecular flexibility index (Phi) is 3.82. The molecule has 1 N–H and O–H groups in total. The fraction of sp³-hybridized carbons (Fsp3) is 0.200. The minimum absolute atomic E-state index is 0.285. The highest BCUT2D eigenvalue weighted by molar-refractivity contribution is 5.97. The smallest absolute Gasteiger partial charge is 0.332 e. The van der Waals surface area contributed by atoms with E-state index in [4.69, 9.17) is 5.11 Å². The molecule has 0 aliphatic rings. The Balaban J connectivity index is 2.48. The molecule has 0 saturated carbocycles. The zero-order valence-electron chi connectivity index (χ0n) is 7.47. The zero-order valence-corrected chi connectivity index (χ0v) is 7.47. The normalized spacial score (nSPS) is 9.50. The molecule has 74 valence electrons. The molecule has 4 heteroatoms. The van der Waals surface area contributed by atoms with Crippen LogP contribution in [0.5, 0.6) is 0 Å². The Morgan fingerprint density at radius 3 is 2.43 bits per heavy atom. The molecule has 4 nitrogen and oxygen atoms in total. The molecule has 0 aliphatic heterocycles.